The number of para-hydroxylation sites is 1. The number of halogens is 1. The van der Waals surface area contributed by atoms with Crippen molar-refractivity contribution in [2.75, 3.05) is 19.7 Å². The summed E-state index contributed by atoms with van der Waals surface area (Å²) >= 11 is 0. The molecule has 1 aliphatic heterocycles. The Morgan fingerprint density at radius 1 is 1.32 bits per heavy atom. The van der Waals surface area contributed by atoms with Gasteiger partial charge < -0.3 is 14.4 Å². The van der Waals surface area contributed by atoms with E-state index in [4.69, 9.17) is 9.47 Å². The fourth-order valence-corrected chi connectivity index (χ4v) is 2.82. The molecule has 3 rings (SSSR count). The van der Waals surface area contributed by atoms with Crippen molar-refractivity contribution in [1.82, 2.24) is 14.9 Å². The first-order valence-corrected chi connectivity index (χ1v) is 8.32. The van der Waals surface area contributed by atoms with Crippen molar-refractivity contribution in [3.63, 3.8) is 0 Å². The van der Waals surface area contributed by atoms with Crippen LogP contribution < -0.4 is 9.47 Å². The quantitative estimate of drug-likeness (QED) is 0.834. The second kappa shape index (κ2) is 7.92. The Morgan fingerprint density at radius 3 is 2.84 bits per heavy atom. The first-order valence-electron chi connectivity index (χ1n) is 8.32. The topological polar surface area (TPSA) is 64.5 Å². The molecule has 1 aromatic heterocycles. The van der Waals surface area contributed by atoms with Crippen LogP contribution in [0.5, 0.6) is 11.8 Å². The molecule has 0 bridgehead atoms. The van der Waals surface area contributed by atoms with Crippen LogP contribution in [-0.4, -0.2) is 46.6 Å². The number of rotatable bonds is 5. The number of nitrogens with zero attached hydrogens (tertiary/aromatic N) is 3. The average Bonchev–Trinajstić information content (AvgIpc) is 2.64. The molecule has 1 aliphatic rings. The van der Waals surface area contributed by atoms with E-state index in [2.05, 4.69) is 9.97 Å². The molecule has 0 N–H and O–H groups in total. The van der Waals surface area contributed by atoms with Gasteiger partial charge in [-0.1, -0.05) is 12.1 Å². The van der Waals surface area contributed by atoms with E-state index in [1.165, 1.54) is 0 Å². The van der Waals surface area contributed by atoms with Crippen LogP contribution in [0.2, 0.25) is 0 Å². The number of likely N-dealkylation sites (tertiary alicyclic amines) is 1. The number of carbonyl (C=O) groups is 1. The van der Waals surface area contributed by atoms with Crippen LogP contribution in [0.3, 0.4) is 0 Å². The van der Waals surface area contributed by atoms with Gasteiger partial charge in [0.25, 0.3) is 5.91 Å². The van der Waals surface area contributed by atoms with E-state index in [0.29, 0.717) is 31.0 Å². The minimum Gasteiger partial charge on any atom is -0.493 e. The van der Waals surface area contributed by atoms with Gasteiger partial charge in [-0.25, -0.2) is 14.4 Å². The predicted molar refractivity (Wildman–Crippen MR) is 89.2 cm³/mol. The summed E-state index contributed by atoms with van der Waals surface area (Å²) < 4.78 is 24.1. The Labute approximate surface area is 145 Å². The number of hydrogen-bond donors (Lipinski definition) is 0. The van der Waals surface area contributed by atoms with Crippen molar-refractivity contribution in [2.45, 2.75) is 25.9 Å². The van der Waals surface area contributed by atoms with Gasteiger partial charge in [0.05, 0.1) is 31.1 Å². The number of aromatic nitrogens is 2. The maximum atomic E-state index is 12.9. The van der Waals surface area contributed by atoms with Gasteiger partial charge in [0.15, 0.2) is 5.82 Å². The van der Waals surface area contributed by atoms with E-state index in [9.17, 15) is 9.18 Å². The van der Waals surface area contributed by atoms with Gasteiger partial charge in [-0.15, -0.1) is 0 Å². The van der Waals surface area contributed by atoms with E-state index in [1.807, 2.05) is 19.1 Å². The molecule has 0 spiro atoms. The maximum Gasteiger partial charge on any atom is 0.316 e. The summed E-state index contributed by atoms with van der Waals surface area (Å²) in [5.74, 6) is -0.0161. The fourth-order valence-electron chi connectivity index (χ4n) is 2.82. The van der Waals surface area contributed by atoms with Gasteiger partial charge >= 0.3 is 6.01 Å². The lowest BCUT2D eigenvalue weighted by atomic mass is 10.1. The minimum atomic E-state index is -0.514. The molecule has 1 aromatic carbocycles. The second-order valence-electron chi connectivity index (χ2n) is 5.75. The summed E-state index contributed by atoms with van der Waals surface area (Å²) in [6.45, 7) is 3.47. The minimum absolute atomic E-state index is 0.0858. The lowest BCUT2D eigenvalue weighted by Crippen LogP contribution is -2.44. The Balaban J connectivity index is 1.68. The zero-order chi connectivity index (χ0) is 17.6. The Morgan fingerprint density at radius 2 is 2.08 bits per heavy atom. The highest BCUT2D eigenvalue weighted by molar-refractivity contribution is 5.97. The van der Waals surface area contributed by atoms with E-state index in [-0.39, 0.29) is 18.0 Å². The molecular formula is C18H20FN3O3. The molecule has 2 aromatic rings. The monoisotopic (exact) mass is 345 g/mol. The van der Waals surface area contributed by atoms with Gasteiger partial charge in [0, 0.05) is 6.54 Å². The Bertz CT molecular complexity index is 724. The van der Waals surface area contributed by atoms with E-state index in [0.717, 1.165) is 25.2 Å². The lowest BCUT2D eigenvalue weighted by Gasteiger charge is -2.32. The first-order chi connectivity index (χ1) is 12.2. The summed E-state index contributed by atoms with van der Waals surface area (Å²) in [6.07, 6.45) is 3.51. The smallest absolute Gasteiger partial charge is 0.316 e. The number of benzene rings is 1. The first kappa shape index (κ1) is 17.1. The number of piperidine rings is 1. The van der Waals surface area contributed by atoms with Gasteiger partial charge in [0.2, 0.25) is 0 Å². The molecular weight excluding hydrogens is 325 g/mol. The molecule has 0 saturated carbocycles. The second-order valence-corrected chi connectivity index (χ2v) is 5.75. The number of carbonyl (C=O) groups excluding carboxylic acids is 1. The highest BCUT2D eigenvalue weighted by Gasteiger charge is 2.27. The number of ether oxygens (including phenoxy) is 2. The molecule has 25 heavy (non-hydrogen) atoms. The van der Waals surface area contributed by atoms with Crippen LogP contribution in [0.1, 0.15) is 30.1 Å². The van der Waals surface area contributed by atoms with Crippen molar-refractivity contribution in [3.8, 4) is 11.8 Å². The number of hydrogen-bond acceptors (Lipinski definition) is 5. The SMILES string of the molecule is CCOc1ccccc1C(=O)N1CCCC(Oc2ncc(F)cn2)C1. The maximum absolute atomic E-state index is 12.9. The molecule has 1 unspecified atom stereocenters. The van der Waals surface area contributed by atoms with Crippen molar-refractivity contribution in [2.24, 2.45) is 0 Å². The van der Waals surface area contributed by atoms with Gasteiger partial charge in [-0.2, -0.15) is 0 Å². The van der Waals surface area contributed by atoms with Gasteiger partial charge in [0.1, 0.15) is 11.9 Å². The van der Waals surface area contributed by atoms with Crippen LogP contribution in [0.4, 0.5) is 4.39 Å². The molecule has 1 amide bonds. The zero-order valence-electron chi connectivity index (χ0n) is 14.0. The average molecular weight is 345 g/mol. The van der Waals surface area contributed by atoms with E-state index < -0.39 is 5.82 Å². The van der Waals surface area contributed by atoms with Crippen LogP contribution >= 0.6 is 0 Å². The van der Waals surface area contributed by atoms with Crippen LogP contribution in [0.15, 0.2) is 36.7 Å². The third-order valence-corrected chi connectivity index (χ3v) is 3.95. The molecule has 132 valence electrons. The summed E-state index contributed by atoms with van der Waals surface area (Å²) in [5.41, 5.74) is 0.544. The predicted octanol–water partition coefficient (Wildman–Crippen LogP) is 2.70. The van der Waals surface area contributed by atoms with Crippen molar-refractivity contribution >= 4 is 5.91 Å². The van der Waals surface area contributed by atoms with Crippen molar-refractivity contribution in [3.05, 3.63) is 48.0 Å². The van der Waals surface area contributed by atoms with Crippen LogP contribution in [-0.2, 0) is 0 Å². The normalized spacial score (nSPS) is 17.2. The van der Waals surface area contributed by atoms with Crippen LogP contribution in [0, 0.1) is 5.82 Å². The molecule has 0 aliphatic carbocycles. The largest absolute Gasteiger partial charge is 0.493 e. The summed E-state index contributed by atoms with van der Waals surface area (Å²) in [4.78, 5) is 22.2. The van der Waals surface area contributed by atoms with E-state index in [1.54, 1.807) is 17.0 Å². The molecule has 1 atom stereocenters. The van der Waals surface area contributed by atoms with Gasteiger partial charge in [-0.05, 0) is 31.9 Å². The zero-order valence-corrected chi connectivity index (χ0v) is 14.0. The van der Waals surface area contributed by atoms with Crippen molar-refractivity contribution in [1.29, 1.82) is 0 Å². The molecule has 0 radical (unpaired) electrons. The fraction of sp³-hybridized carbons (Fsp3) is 0.389. The summed E-state index contributed by atoms with van der Waals surface area (Å²) in [7, 11) is 0. The molecule has 1 fully saturated rings. The van der Waals surface area contributed by atoms with Crippen molar-refractivity contribution < 1.29 is 18.7 Å². The Hall–Kier alpha value is -2.70. The third kappa shape index (κ3) is 4.23. The Kier molecular flexibility index (Phi) is 5.42. The highest BCUT2D eigenvalue weighted by atomic mass is 19.1. The summed E-state index contributed by atoms with van der Waals surface area (Å²) in [5, 5.41) is 0. The molecule has 2 heterocycles. The lowest BCUT2D eigenvalue weighted by molar-refractivity contribution is 0.0512. The third-order valence-electron chi connectivity index (χ3n) is 3.95. The van der Waals surface area contributed by atoms with Gasteiger partial charge in [-0.3, -0.25) is 4.79 Å². The summed E-state index contributed by atoms with van der Waals surface area (Å²) in [6, 6.07) is 7.34. The molecule has 6 nitrogen and oxygen atoms in total. The molecule has 7 heteroatoms. The number of amides is 1. The van der Waals surface area contributed by atoms with E-state index >= 15 is 0 Å². The highest BCUT2D eigenvalue weighted by Crippen LogP contribution is 2.23. The van der Waals surface area contributed by atoms with Crippen LogP contribution in [0.25, 0.3) is 0 Å². The standard InChI is InChI=1S/C18H20FN3O3/c1-2-24-16-8-4-3-7-15(16)17(23)22-9-5-6-14(12-22)25-18-20-10-13(19)11-21-18/h3-4,7-8,10-11,14H,2,5-6,9,12H2,1H3. The molecule has 1 saturated heterocycles.